The Kier molecular flexibility index (Phi) is 4.28. The third-order valence-corrected chi connectivity index (χ3v) is 2.92. The van der Waals surface area contributed by atoms with Gasteiger partial charge in [-0.25, -0.2) is 4.68 Å². The summed E-state index contributed by atoms with van der Waals surface area (Å²) in [4.78, 5) is 4.37. The van der Waals surface area contributed by atoms with Crippen molar-refractivity contribution in [2.24, 2.45) is 0 Å². The highest BCUT2D eigenvalue weighted by Gasteiger charge is 2.18. The molecule has 2 aromatic rings. The first-order chi connectivity index (χ1) is 8.76. The number of nitrogens with one attached hydrogen (secondary N) is 1. The lowest BCUT2D eigenvalue weighted by atomic mass is 10.1. The zero-order valence-corrected chi connectivity index (χ0v) is 11.2. The maximum absolute atomic E-state index is 5.86. The average Bonchev–Trinajstić information content (AvgIpc) is 2.85. The lowest BCUT2D eigenvalue weighted by Crippen LogP contribution is -2.25. The Morgan fingerprint density at radius 1 is 1.33 bits per heavy atom. The normalized spacial score (nSPS) is 12.6. The van der Waals surface area contributed by atoms with Crippen LogP contribution in [0.3, 0.4) is 0 Å². The van der Waals surface area contributed by atoms with Crippen LogP contribution in [0.1, 0.15) is 31.3 Å². The molecule has 6 heteroatoms. The van der Waals surface area contributed by atoms with E-state index in [1.165, 1.54) is 0 Å². The SMILES string of the molecule is CCNC(c1ccc(Cl)cn1)c1cnnn1CC. The molecule has 0 spiro atoms. The second kappa shape index (κ2) is 5.93. The summed E-state index contributed by atoms with van der Waals surface area (Å²) in [5.41, 5.74) is 1.92. The lowest BCUT2D eigenvalue weighted by Gasteiger charge is -2.17. The summed E-state index contributed by atoms with van der Waals surface area (Å²) in [5, 5.41) is 12.0. The lowest BCUT2D eigenvalue weighted by molar-refractivity contribution is 0.528. The van der Waals surface area contributed by atoms with Gasteiger partial charge in [0, 0.05) is 12.7 Å². The molecule has 2 heterocycles. The Morgan fingerprint density at radius 3 is 2.78 bits per heavy atom. The standard InChI is InChI=1S/C12H16ClN5/c1-3-14-12(10-6-5-9(13)7-15-10)11-8-16-17-18(11)4-2/h5-8,12,14H,3-4H2,1-2H3. The Bertz CT molecular complexity index is 493. The molecule has 0 fully saturated rings. The van der Waals surface area contributed by atoms with Gasteiger partial charge in [0.05, 0.1) is 28.6 Å². The van der Waals surface area contributed by atoms with Gasteiger partial charge in [-0.1, -0.05) is 23.7 Å². The molecule has 0 radical (unpaired) electrons. The molecule has 96 valence electrons. The predicted octanol–water partition coefficient (Wildman–Crippen LogP) is 2.05. The van der Waals surface area contributed by atoms with Crippen LogP contribution in [0.25, 0.3) is 0 Å². The smallest absolute Gasteiger partial charge is 0.0938 e. The van der Waals surface area contributed by atoms with Crippen LogP contribution in [-0.2, 0) is 6.54 Å². The van der Waals surface area contributed by atoms with Gasteiger partial charge >= 0.3 is 0 Å². The summed E-state index contributed by atoms with van der Waals surface area (Å²) in [6.07, 6.45) is 3.43. The van der Waals surface area contributed by atoms with Crippen molar-refractivity contribution in [2.75, 3.05) is 6.54 Å². The summed E-state index contributed by atoms with van der Waals surface area (Å²) >= 11 is 5.86. The third-order valence-electron chi connectivity index (χ3n) is 2.70. The first-order valence-corrected chi connectivity index (χ1v) is 6.37. The van der Waals surface area contributed by atoms with Gasteiger partial charge in [-0.15, -0.1) is 5.10 Å². The molecule has 0 bridgehead atoms. The summed E-state index contributed by atoms with van der Waals surface area (Å²) in [6, 6.07) is 3.75. The minimum atomic E-state index is -0.0118. The molecule has 0 aliphatic carbocycles. The molecule has 0 saturated heterocycles. The average molecular weight is 266 g/mol. The van der Waals surface area contributed by atoms with Crippen LogP contribution in [0, 0.1) is 0 Å². The van der Waals surface area contributed by atoms with E-state index < -0.39 is 0 Å². The van der Waals surface area contributed by atoms with Crippen LogP contribution >= 0.6 is 11.6 Å². The predicted molar refractivity (Wildman–Crippen MR) is 70.5 cm³/mol. The Hall–Kier alpha value is -1.46. The Morgan fingerprint density at radius 2 is 2.17 bits per heavy atom. The molecule has 0 aromatic carbocycles. The van der Waals surface area contributed by atoms with E-state index in [9.17, 15) is 0 Å². The number of aromatic nitrogens is 4. The topological polar surface area (TPSA) is 55.6 Å². The quantitative estimate of drug-likeness (QED) is 0.899. The van der Waals surface area contributed by atoms with E-state index in [2.05, 4.69) is 27.5 Å². The summed E-state index contributed by atoms with van der Waals surface area (Å²) in [6.45, 7) is 5.72. The molecule has 1 unspecified atom stereocenters. The van der Waals surface area contributed by atoms with Crippen LogP contribution < -0.4 is 5.32 Å². The van der Waals surface area contributed by atoms with Gasteiger partial charge in [0.1, 0.15) is 0 Å². The first kappa shape index (κ1) is 13.0. The van der Waals surface area contributed by atoms with Crippen LogP contribution in [-0.4, -0.2) is 26.5 Å². The fourth-order valence-electron chi connectivity index (χ4n) is 1.86. The fraction of sp³-hybridized carbons (Fsp3) is 0.417. The number of hydrogen-bond donors (Lipinski definition) is 1. The van der Waals surface area contributed by atoms with E-state index in [1.807, 2.05) is 23.7 Å². The number of pyridine rings is 1. The highest BCUT2D eigenvalue weighted by Crippen LogP contribution is 2.20. The van der Waals surface area contributed by atoms with E-state index >= 15 is 0 Å². The van der Waals surface area contributed by atoms with Crippen molar-refractivity contribution in [3.63, 3.8) is 0 Å². The zero-order valence-electron chi connectivity index (χ0n) is 10.5. The van der Waals surface area contributed by atoms with E-state index in [4.69, 9.17) is 11.6 Å². The monoisotopic (exact) mass is 265 g/mol. The van der Waals surface area contributed by atoms with Crippen molar-refractivity contribution in [3.05, 3.63) is 40.9 Å². The van der Waals surface area contributed by atoms with E-state index in [1.54, 1.807) is 12.4 Å². The fourth-order valence-corrected chi connectivity index (χ4v) is 1.97. The maximum atomic E-state index is 5.86. The van der Waals surface area contributed by atoms with Gasteiger partial charge in [-0.05, 0) is 25.6 Å². The van der Waals surface area contributed by atoms with Crippen LogP contribution in [0.2, 0.25) is 5.02 Å². The summed E-state index contributed by atoms with van der Waals surface area (Å²) in [7, 11) is 0. The largest absolute Gasteiger partial charge is 0.304 e. The van der Waals surface area contributed by atoms with E-state index in [0.717, 1.165) is 24.5 Å². The van der Waals surface area contributed by atoms with Crippen molar-refractivity contribution in [2.45, 2.75) is 26.4 Å². The maximum Gasteiger partial charge on any atom is 0.0938 e. The van der Waals surface area contributed by atoms with Crippen molar-refractivity contribution in [1.82, 2.24) is 25.3 Å². The number of hydrogen-bond acceptors (Lipinski definition) is 4. The molecule has 1 atom stereocenters. The van der Waals surface area contributed by atoms with Crippen molar-refractivity contribution in [1.29, 1.82) is 0 Å². The van der Waals surface area contributed by atoms with Crippen LogP contribution in [0.5, 0.6) is 0 Å². The van der Waals surface area contributed by atoms with Gasteiger partial charge in [0.2, 0.25) is 0 Å². The molecule has 0 aliphatic heterocycles. The summed E-state index contributed by atoms with van der Waals surface area (Å²) in [5.74, 6) is 0. The molecule has 0 saturated carbocycles. The van der Waals surface area contributed by atoms with Gasteiger partial charge in [-0.2, -0.15) is 0 Å². The second-order valence-electron chi connectivity index (χ2n) is 3.87. The van der Waals surface area contributed by atoms with E-state index in [0.29, 0.717) is 5.02 Å². The van der Waals surface area contributed by atoms with Gasteiger partial charge in [0.25, 0.3) is 0 Å². The number of rotatable bonds is 5. The van der Waals surface area contributed by atoms with Crippen molar-refractivity contribution in [3.8, 4) is 0 Å². The third kappa shape index (κ3) is 2.68. The summed E-state index contributed by atoms with van der Waals surface area (Å²) < 4.78 is 1.86. The van der Waals surface area contributed by atoms with Gasteiger partial charge < -0.3 is 5.32 Å². The number of nitrogens with zero attached hydrogens (tertiary/aromatic N) is 4. The minimum absolute atomic E-state index is 0.0118. The van der Waals surface area contributed by atoms with Gasteiger partial charge in [0.15, 0.2) is 0 Å². The number of aryl methyl sites for hydroxylation is 1. The highest BCUT2D eigenvalue weighted by molar-refractivity contribution is 6.30. The Labute approximate surface area is 111 Å². The highest BCUT2D eigenvalue weighted by atomic mass is 35.5. The molecule has 5 nitrogen and oxygen atoms in total. The molecule has 0 aliphatic rings. The number of halogens is 1. The molecular weight excluding hydrogens is 250 g/mol. The zero-order chi connectivity index (χ0) is 13.0. The molecule has 2 rings (SSSR count). The van der Waals surface area contributed by atoms with Crippen LogP contribution in [0.4, 0.5) is 0 Å². The molecule has 1 N–H and O–H groups in total. The Balaban J connectivity index is 2.36. The second-order valence-corrected chi connectivity index (χ2v) is 4.30. The van der Waals surface area contributed by atoms with Crippen molar-refractivity contribution >= 4 is 11.6 Å². The van der Waals surface area contributed by atoms with Crippen molar-refractivity contribution < 1.29 is 0 Å². The molecular formula is C12H16ClN5. The first-order valence-electron chi connectivity index (χ1n) is 5.99. The van der Waals surface area contributed by atoms with Gasteiger partial charge in [-0.3, -0.25) is 4.98 Å². The molecule has 0 amide bonds. The van der Waals surface area contributed by atoms with E-state index in [-0.39, 0.29) is 6.04 Å². The van der Waals surface area contributed by atoms with Crippen LogP contribution in [0.15, 0.2) is 24.5 Å². The molecule has 18 heavy (non-hydrogen) atoms. The molecule has 2 aromatic heterocycles. The minimum Gasteiger partial charge on any atom is -0.304 e.